The number of ether oxygens (including phenoxy) is 1. The van der Waals surface area contributed by atoms with Crippen molar-refractivity contribution in [3.8, 4) is 0 Å². The van der Waals surface area contributed by atoms with Gasteiger partial charge in [-0.05, 0) is 38.1 Å². The average Bonchev–Trinajstić information content (AvgIpc) is 2.42. The van der Waals surface area contributed by atoms with E-state index in [0.717, 1.165) is 12.1 Å². The number of aliphatic hydroxyl groups is 1. The fourth-order valence-electron chi connectivity index (χ4n) is 2.09. The molecule has 0 unspecified atom stereocenters. The highest BCUT2D eigenvalue weighted by Crippen LogP contribution is 2.20. The summed E-state index contributed by atoms with van der Waals surface area (Å²) >= 11 is 0. The van der Waals surface area contributed by atoms with Gasteiger partial charge in [0.15, 0.2) is 0 Å². The molecule has 0 radical (unpaired) electrons. The van der Waals surface area contributed by atoms with Crippen LogP contribution >= 0.6 is 0 Å². The molecule has 0 fully saturated rings. The molecular weight excluding hydrogens is 245 g/mol. The molecule has 4 heteroatoms. The van der Waals surface area contributed by atoms with Crippen molar-refractivity contribution in [1.29, 1.82) is 0 Å². The van der Waals surface area contributed by atoms with Crippen LogP contribution in [0.25, 0.3) is 0 Å². The van der Waals surface area contributed by atoms with Crippen LogP contribution in [-0.4, -0.2) is 42.4 Å². The van der Waals surface area contributed by atoms with E-state index >= 15 is 0 Å². The minimum atomic E-state index is -0.497. The van der Waals surface area contributed by atoms with Crippen molar-refractivity contribution in [3.05, 3.63) is 35.6 Å². The van der Waals surface area contributed by atoms with Gasteiger partial charge in [0.25, 0.3) is 0 Å². The van der Waals surface area contributed by atoms with E-state index in [0.29, 0.717) is 19.8 Å². The number of hydrogen-bond acceptors (Lipinski definition) is 3. The Balaban J connectivity index is 2.60. The van der Waals surface area contributed by atoms with E-state index in [1.165, 1.54) is 12.1 Å². The number of rotatable bonds is 8. The maximum atomic E-state index is 12.9. The molecule has 1 rings (SSSR count). The molecule has 108 valence electrons. The lowest BCUT2D eigenvalue weighted by atomic mass is 10.1. The summed E-state index contributed by atoms with van der Waals surface area (Å²) in [5.74, 6) is -0.227. The fraction of sp³-hybridized carbons (Fsp3) is 0.600. The van der Waals surface area contributed by atoms with E-state index < -0.39 is 6.10 Å². The predicted octanol–water partition coefficient (Wildman–Crippen LogP) is 2.61. The van der Waals surface area contributed by atoms with Crippen LogP contribution in [0.4, 0.5) is 4.39 Å². The number of hydrogen-bond donors (Lipinski definition) is 1. The molecule has 0 amide bonds. The van der Waals surface area contributed by atoms with Crippen LogP contribution in [0.5, 0.6) is 0 Å². The smallest absolute Gasteiger partial charge is 0.123 e. The molecule has 1 N–H and O–H groups in total. The summed E-state index contributed by atoms with van der Waals surface area (Å²) in [7, 11) is 0. The first-order valence-electron chi connectivity index (χ1n) is 6.83. The molecule has 2 atom stereocenters. The molecule has 0 aromatic heterocycles. The Kier molecular flexibility index (Phi) is 6.99. The Morgan fingerprint density at radius 2 is 1.89 bits per heavy atom. The van der Waals surface area contributed by atoms with Gasteiger partial charge in [-0.2, -0.15) is 0 Å². The Morgan fingerprint density at radius 3 is 2.42 bits per heavy atom. The summed E-state index contributed by atoms with van der Waals surface area (Å²) < 4.78 is 18.1. The van der Waals surface area contributed by atoms with Crippen molar-refractivity contribution in [2.75, 3.05) is 26.3 Å². The molecule has 0 aliphatic rings. The molecule has 19 heavy (non-hydrogen) atoms. The molecule has 3 nitrogen and oxygen atoms in total. The minimum absolute atomic E-state index is 0.141. The van der Waals surface area contributed by atoms with Gasteiger partial charge in [-0.3, -0.25) is 4.90 Å². The normalized spacial score (nSPS) is 14.6. The summed E-state index contributed by atoms with van der Waals surface area (Å²) in [6.45, 7) is 8.35. The van der Waals surface area contributed by atoms with Crippen LogP contribution in [0.15, 0.2) is 24.3 Å². The SMILES string of the molecule is CCOC[C@H](O)CN(CC)[C@@H](C)c1ccc(F)cc1. The second-order valence-electron chi connectivity index (χ2n) is 4.63. The third-order valence-corrected chi connectivity index (χ3v) is 3.27. The highest BCUT2D eigenvalue weighted by Gasteiger charge is 2.17. The number of nitrogens with zero attached hydrogens (tertiary/aromatic N) is 1. The van der Waals surface area contributed by atoms with E-state index in [4.69, 9.17) is 4.74 Å². The molecule has 0 heterocycles. The van der Waals surface area contributed by atoms with Gasteiger partial charge < -0.3 is 9.84 Å². The van der Waals surface area contributed by atoms with Gasteiger partial charge in [0.2, 0.25) is 0 Å². The number of likely N-dealkylation sites (N-methyl/N-ethyl adjacent to an activating group) is 1. The van der Waals surface area contributed by atoms with E-state index in [9.17, 15) is 9.50 Å². The Morgan fingerprint density at radius 1 is 1.26 bits per heavy atom. The number of halogens is 1. The third kappa shape index (κ3) is 5.27. The monoisotopic (exact) mass is 269 g/mol. The van der Waals surface area contributed by atoms with E-state index in [2.05, 4.69) is 11.8 Å². The third-order valence-electron chi connectivity index (χ3n) is 3.27. The van der Waals surface area contributed by atoms with Gasteiger partial charge in [-0.1, -0.05) is 19.1 Å². The van der Waals surface area contributed by atoms with E-state index in [1.807, 2.05) is 13.8 Å². The summed E-state index contributed by atoms with van der Waals surface area (Å²) in [6, 6.07) is 6.66. The molecule has 0 spiro atoms. The summed E-state index contributed by atoms with van der Waals surface area (Å²) in [5.41, 5.74) is 1.05. The van der Waals surface area contributed by atoms with Crippen molar-refractivity contribution >= 4 is 0 Å². The highest BCUT2D eigenvalue weighted by molar-refractivity contribution is 5.19. The first-order valence-corrected chi connectivity index (χ1v) is 6.83. The zero-order chi connectivity index (χ0) is 14.3. The van der Waals surface area contributed by atoms with Crippen LogP contribution in [0.3, 0.4) is 0 Å². The largest absolute Gasteiger partial charge is 0.389 e. The van der Waals surface area contributed by atoms with Gasteiger partial charge in [-0.15, -0.1) is 0 Å². The predicted molar refractivity (Wildman–Crippen MR) is 74.6 cm³/mol. The maximum Gasteiger partial charge on any atom is 0.123 e. The average molecular weight is 269 g/mol. The van der Waals surface area contributed by atoms with Crippen LogP contribution in [0, 0.1) is 5.82 Å². The zero-order valence-corrected chi connectivity index (χ0v) is 12.0. The molecule has 0 aliphatic carbocycles. The lowest BCUT2D eigenvalue weighted by Crippen LogP contribution is -2.36. The van der Waals surface area contributed by atoms with Crippen LogP contribution < -0.4 is 0 Å². The van der Waals surface area contributed by atoms with Crippen molar-refractivity contribution in [2.45, 2.75) is 32.9 Å². The quantitative estimate of drug-likeness (QED) is 0.787. The van der Waals surface area contributed by atoms with Gasteiger partial charge >= 0.3 is 0 Å². The van der Waals surface area contributed by atoms with Crippen molar-refractivity contribution in [2.24, 2.45) is 0 Å². The summed E-state index contributed by atoms with van der Waals surface area (Å²) in [5, 5.41) is 9.90. The second kappa shape index (κ2) is 8.25. The summed E-state index contributed by atoms with van der Waals surface area (Å²) in [6.07, 6.45) is -0.497. The highest BCUT2D eigenvalue weighted by atomic mass is 19.1. The fourth-order valence-corrected chi connectivity index (χ4v) is 2.09. The van der Waals surface area contributed by atoms with Gasteiger partial charge in [0.1, 0.15) is 5.82 Å². The van der Waals surface area contributed by atoms with Crippen LogP contribution in [0.2, 0.25) is 0 Å². The molecule has 0 saturated heterocycles. The minimum Gasteiger partial charge on any atom is -0.389 e. The van der Waals surface area contributed by atoms with Gasteiger partial charge in [-0.25, -0.2) is 4.39 Å². The van der Waals surface area contributed by atoms with Gasteiger partial charge in [0, 0.05) is 19.2 Å². The Hall–Kier alpha value is -0.970. The van der Waals surface area contributed by atoms with Crippen LogP contribution in [0.1, 0.15) is 32.4 Å². The molecule has 1 aromatic rings. The number of aliphatic hydroxyl groups excluding tert-OH is 1. The summed E-state index contributed by atoms with van der Waals surface area (Å²) in [4.78, 5) is 2.15. The second-order valence-corrected chi connectivity index (χ2v) is 4.63. The first kappa shape index (κ1) is 16.1. The molecular formula is C15H24FNO2. The topological polar surface area (TPSA) is 32.7 Å². The molecule has 1 aromatic carbocycles. The first-order chi connectivity index (χ1) is 9.08. The zero-order valence-electron chi connectivity index (χ0n) is 12.0. The van der Waals surface area contributed by atoms with Crippen molar-refractivity contribution < 1.29 is 14.2 Å². The lowest BCUT2D eigenvalue weighted by Gasteiger charge is -2.30. The van der Waals surface area contributed by atoms with Gasteiger partial charge in [0.05, 0.1) is 12.7 Å². The van der Waals surface area contributed by atoms with Crippen LogP contribution in [-0.2, 0) is 4.74 Å². The van der Waals surface area contributed by atoms with Crippen molar-refractivity contribution in [3.63, 3.8) is 0 Å². The van der Waals surface area contributed by atoms with E-state index in [-0.39, 0.29) is 11.9 Å². The van der Waals surface area contributed by atoms with E-state index in [1.54, 1.807) is 12.1 Å². The molecule has 0 aliphatic heterocycles. The standard InChI is InChI=1S/C15H24FNO2/c1-4-17(10-15(18)11-19-5-2)12(3)13-6-8-14(16)9-7-13/h6-9,12,15,18H,4-5,10-11H2,1-3H3/t12-,15+/m0/s1. The lowest BCUT2D eigenvalue weighted by molar-refractivity contribution is 0.0147. The van der Waals surface area contributed by atoms with Crippen molar-refractivity contribution in [1.82, 2.24) is 4.90 Å². The molecule has 0 saturated carbocycles. The Labute approximate surface area is 115 Å². The maximum absolute atomic E-state index is 12.9. The Bertz CT molecular complexity index is 356. The number of benzene rings is 1. The molecule has 0 bridgehead atoms.